The number of carbonyl (C=O) groups excluding carboxylic acids is 2. The SMILES string of the molecule is O=C1NCC2(CCN(C(=O)COc3cccc(F)c3)CC2)O1. The van der Waals surface area contributed by atoms with Crippen LogP contribution in [0.2, 0.25) is 0 Å². The summed E-state index contributed by atoms with van der Waals surface area (Å²) in [6, 6.07) is 5.68. The van der Waals surface area contributed by atoms with Gasteiger partial charge < -0.3 is 19.7 Å². The van der Waals surface area contributed by atoms with Crippen molar-refractivity contribution >= 4 is 12.0 Å². The summed E-state index contributed by atoms with van der Waals surface area (Å²) in [5.74, 6) is -0.229. The van der Waals surface area contributed by atoms with Crippen LogP contribution in [0, 0.1) is 5.82 Å². The molecule has 1 aromatic carbocycles. The van der Waals surface area contributed by atoms with E-state index in [0.29, 0.717) is 38.2 Å². The molecule has 2 saturated heterocycles. The standard InChI is InChI=1S/C15H17FN2O4/c16-11-2-1-3-12(8-11)21-9-13(19)18-6-4-15(5-7-18)10-17-14(20)22-15/h1-3,8H,4-7,9-10H2,(H,17,20). The summed E-state index contributed by atoms with van der Waals surface area (Å²) in [6.07, 6.45) is 0.823. The minimum Gasteiger partial charge on any atom is -0.484 e. The van der Waals surface area contributed by atoms with E-state index in [1.54, 1.807) is 11.0 Å². The molecule has 0 saturated carbocycles. The highest BCUT2D eigenvalue weighted by Crippen LogP contribution is 2.29. The van der Waals surface area contributed by atoms with Crippen LogP contribution in [-0.4, -0.2) is 48.7 Å². The third-order valence-electron chi connectivity index (χ3n) is 4.05. The number of amides is 2. The summed E-state index contributed by atoms with van der Waals surface area (Å²) in [5, 5.41) is 2.65. The van der Waals surface area contributed by atoms with Crippen LogP contribution in [0.15, 0.2) is 24.3 Å². The largest absolute Gasteiger partial charge is 0.484 e. The molecule has 0 bridgehead atoms. The van der Waals surface area contributed by atoms with Crippen LogP contribution in [0.3, 0.4) is 0 Å². The third kappa shape index (κ3) is 3.13. The van der Waals surface area contributed by atoms with Crippen molar-refractivity contribution in [3.05, 3.63) is 30.1 Å². The highest BCUT2D eigenvalue weighted by atomic mass is 19.1. The lowest BCUT2D eigenvalue weighted by Gasteiger charge is -2.37. The second kappa shape index (κ2) is 5.82. The summed E-state index contributed by atoms with van der Waals surface area (Å²) in [6.45, 7) is 1.39. The van der Waals surface area contributed by atoms with Crippen molar-refractivity contribution < 1.29 is 23.5 Å². The zero-order valence-electron chi connectivity index (χ0n) is 12.0. The summed E-state index contributed by atoms with van der Waals surface area (Å²) in [5.41, 5.74) is -0.475. The first-order chi connectivity index (χ1) is 10.6. The zero-order chi connectivity index (χ0) is 15.6. The quantitative estimate of drug-likeness (QED) is 0.914. The molecule has 2 aliphatic rings. The second-order valence-corrected chi connectivity index (χ2v) is 5.55. The number of nitrogens with zero attached hydrogens (tertiary/aromatic N) is 1. The lowest BCUT2D eigenvalue weighted by Crippen LogP contribution is -2.49. The Balaban J connectivity index is 1.49. The maximum Gasteiger partial charge on any atom is 0.407 e. The van der Waals surface area contributed by atoms with E-state index >= 15 is 0 Å². The van der Waals surface area contributed by atoms with Gasteiger partial charge in [-0.15, -0.1) is 0 Å². The van der Waals surface area contributed by atoms with Crippen molar-refractivity contribution in [1.29, 1.82) is 0 Å². The molecule has 2 amide bonds. The van der Waals surface area contributed by atoms with Crippen molar-refractivity contribution in [3.8, 4) is 5.75 Å². The topological polar surface area (TPSA) is 67.9 Å². The van der Waals surface area contributed by atoms with Crippen LogP contribution in [0.4, 0.5) is 9.18 Å². The first kappa shape index (κ1) is 14.6. The number of hydrogen-bond acceptors (Lipinski definition) is 4. The van der Waals surface area contributed by atoms with Gasteiger partial charge in [0.1, 0.15) is 17.2 Å². The molecule has 2 aliphatic heterocycles. The number of carbonyl (C=O) groups is 2. The molecule has 1 aromatic rings. The summed E-state index contributed by atoms with van der Waals surface area (Å²) in [7, 11) is 0. The highest BCUT2D eigenvalue weighted by Gasteiger charge is 2.43. The molecular formula is C15H17FN2O4. The number of halogens is 1. The summed E-state index contributed by atoms with van der Waals surface area (Å²) in [4.78, 5) is 24.9. The molecule has 0 radical (unpaired) electrons. The van der Waals surface area contributed by atoms with Crippen molar-refractivity contribution in [1.82, 2.24) is 10.2 Å². The van der Waals surface area contributed by atoms with E-state index < -0.39 is 17.5 Å². The van der Waals surface area contributed by atoms with E-state index in [2.05, 4.69) is 5.32 Å². The van der Waals surface area contributed by atoms with Gasteiger partial charge in [-0.1, -0.05) is 6.07 Å². The molecule has 1 N–H and O–H groups in total. The Hall–Kier alpha value is -2.31. The molecule has 1 spiro atoms. The second-order valence-electron chi connectivity index (χ2n) is 5.55. The number of likely N-dealkylation sites (tertiary alicyclic amines) is 1. The van der Waals surface area contributed by atoms with E-state index in [1.807, 2.05) is 0 Å². The number of nitrogens with one attached hydrogen (secondary N) is 1. The van der Waals surface area contributed by atoms with E-state index in [4.69, 9.17) is 9.47 Å². The van der Waals surface area contributed by atoms with Gasteiger partial charge in [-0.3, -0.25) is 4.79 Å². The fraction of sp³-hybridized carbons (Fsp3) is 0.467. The van der Waals surface area contributed by atoms with E-state index in [9.17, 15) is 14.0 Å². The predicted molar refractivity (Wildman–Crippen MR) is 74.9 cm³/mol. The minimum atomic E-state index is -0.475. The van der Waals surface area contributed by atoms with Gasteiger partial charge in [0.15, 0.2) is 6.61 Å². The number of ether oxygens (including phenoxy) is 2. The molecule has 22 heavy (non-hydrogen) atoms. The Morgan fingerprint density at radius 1 is 1.41 bits per heavy atom. The Labute approximate surface area is 127 Å². The van der Waals surface area contributed by atoms with E-state index in [-0.39, 0.29) is 12.5 Å². The number of alkyl carbamates (subject to hydrolysis) is 1. The smallest absolute Gasteiger partial charge is 0.407 e. The molecule has 0 aromatic heterocycles. The zero-order valence-corrected chi connectivity index (χ0v) is 12.0. The number of hydrogen-bond donors (Lipinski definition) is 1. The van der Waals surface area contributed by atoms with Crippen molar-refractivity contribution in [2.45, 2.75) is 18.4 Å². The van der Waals surface area contributed by atoms with Crippen LogP contribution in [0.25, 0.3) is 0 Å². The Bertz CT molecular complexity index is 585. The van der Waals surface area contributed by atoms with Gasteiger partial charge in [0.05, 0.1) is 6.54 Å². The van der Waals surface area contributed by atoms with Gasteiger partial charge in [-0.25, -0.2) is 9.18 Å². The van der Waals surface area contributed by atoms with Gasteiger partial charge in [-0.05, 0) is 12.1 Å². The average Bonchev–Trinajstić information content (AvgIpc) is 2.86. The van der Waals surface area contributed by atoms with E-state index in [1.165, 1.54) is 18.2 Å². The molecule has 3 rings (SSSR count). The van der Waals surface area contributed by atoms with Crippen LogP contribution in [-0.2, 0) is 9.53 Å². The Morgan fingerprint density at radius 2 is 2.18 bits per heavy atom. The highest BCUT2D eigenvalue weighted by molar-refractivity contribution is 5.78. The van der Waals surface area contributed by atoms with E-state index in [0.717, 1.165) is 0 Å². The predicted octanol–water partition coefficient (Wildman–Crippen LogP) is 1.31. The van der Waals surface area contributed by atoms with Gasteiger partial charge in [-0.2, -0.15) is 0 Å². The van der Waals surface area contributed by atoms with Crippen molar-refractivity contribution in [2.75, 3.05) is 26.2 Å². The number of rotatable bonds is 3. The third-order valence-corrected chi connectivity index (χ3v) is 4.05. The van der Waals surface area contributed by atoms with Gasteiger partial charge in [0.2, 0.25) is 0 Å². The lowest BCUT2D eigenvalue weighted by molar-refractivity contribution is -0.136. The van der Waals surface area contributed by atoms with Crippen LogP contribution in [0.5, 0.6) is 5.75 Å². The molecule has 0 unspecified atom stereocenters. The molecule has 2 fully saturated rings. The fourth-order valence-electron chi connectivity index (χ4n) is 2.74. The lowest BCUT2D eigenvalue weighted by atomic mass is 9.91. The summed E-state index contributed by atoms with van der Waals surface area (Å²) >= 11 is 0. The normalized spacial score (nSPS) is 19.7. The molecule has 118 valence electrons. The van der Waals surface area contributed by atoms with Gasteiger partial charge in [0.25, 0.3) is 5.91 Å². The summed E-state index contributed by atoms with van der Waals surface area (Å²) < 4.78 is 23.6. The average molecular weight is 308 g/mol. The first-order valence-corrected chi connectivity index (χ1v) is 7.19. The Kier molecular flexibility index (Phi) is 3.87. The molecule has 0 atom stereocenters. The first-order valence-electron chi connectivity index (χ1n) is 7.19. The molecular weight excluding hydrogens is 291 g/mol. The maximum absolute atomic E-state index is 13.0. The number of benzene rings is 1. The molecule has 0 aliphatic carbocycles. The van der Waals surface area contributed by atoms with Crippen LogP contribution in [0.1, 0.15) is 12.8 Å². The Morgan fingerprint density at radius 3 is 2.82 bits per heavy atom. The fourth-order valence-corrected chi connectivity index (χ4v) is 2.74. The van der Waals surface area contributed by atoms with Crippen LogP contribution >= 0.6 is 0 Å². The molecule has 2 heterocycles. The van der Waals surface area contributed by atoms with Crippen molar-refractivity contribution in [3.63, 3.8) is 0 Å². The van der Waals surface area contributed by atoms with Gasteiger partial charge >= 0.3 is 6.09 Å². The minimum absolute atomic E-state index is 0.130. The van der Waals surface area contributed by atoms with Gasteiger partial charge in [0, 0.05) is 32.0 Å². The number of piperidine rings is 1. The van der Waals surface area contributed by atoms with Crippen LogP contribution < -0.4 is 10.1 Å². The molecule has 7 heteroatoms. The van der Waals surface area contributed by atoms with Crippen molar-refractivity contribution in [2.24, 2.45) is 0 Å². The maximum atomic E-state index is 13.0. The molecule has 6 nitrogen and oxygen atoms in total. The monoisotopic (exact) mass is 308 g/mol.